The summed E-state index contributed by atoms with van der Waals surface area (Å²) in [6.45, 7) is 7.10. The molecule has 0 saturated heterocycles. The van der Waals surface area contributed by atoms with Crippen LogP contribution in [0.4, 0.5) is 0 Å². The molecule has 1 N–H and O–H groups in total. The first kappa shape index (κ1) is 22.6. The second-order valence-corrected chi connectivity index (χ2v) is 7.97. The van der Waals surface area contributed by atoms with Crippen molar-refractivity contribution in [3.05, 3.63) is 82.3 Å². The fourth-order valence-corrected chi connectivity index (χ4v) is 3.92. The van der Waals surface area contributed by atoms with Gasteiger partial charge in [0, 0.05) is 25.2 Å². The third kappa shape index (κ3) is 5.43. The van der Waals surface area contributed by atoms with E-state index in [-0.39, 0.29) is 5.56 Å². The average Bonchev–Trinajstić information content (AvgIpc) is 3.26. The number of nitrogens with one attached hydrogen (secondary N) is 1. The zero-order valence-electron chi connectivity index (χ0n) is 19.4. The Labute approximate surface area is 193 Å². The van der Waals surface area contributed by atoms with Crippen LogP contribution in [0.1, 0.15) is 31.5 Å². The summed E-state index contributed by atoms with van der Waals surface area (Å²) in [7, 11) is 1.64. The highest BCUT2D eigenvalue weighted by atomic mass is 16.5. The van der Waals surface area contributed by atoms with E-state index in [1.165, 1.54) is 10.1 Å². The first-order valence-corrected chi connectivity index (χ1v) is 11.3. The second-order valence-electron chi connectivity index (χ2n) is 7.97. The minimum absolute atomic E-state index is 0.118. The van der Waals surface area contributed by atoms with Gasteiger partial charge in [0.15, 0.2) is 5.65 Å². The highest BCUT2D eigenvalue weighted by Crippen LogP contribution is 2.22. The molecule has 4 rings (SSSR count). The zero-order chi connectivity index (χ0) is 23.2. The molecule has 33 heavy (non-hydrogen) atoms. The predicted molar refractivity (Wildman–Crippen MR) is 130 cm³/mol. The number of methoxy groups -OCH3 is 1. The maximum absolute atomic E-state index is 12.8. The number of H-pyrrole nitrogens is 1. The van der Waals surface area contributed by atoms with Crippen LogP contribution in [0.5, 0.6) is 11.5 Å². The molecule has 0 aliphatic heterocycles. The van der Waals surface area contributed by atoms with Crippen LogP contribution in [0.25, 0.3) is 16.9 Å². The van der Waals surface area contributed by atoms with E-state index < -0.39 is 0 Å². The SMILES string of the molecule is CCCN(Cc1ccc(OCC)cc1)Cc1cc(=O)n2[nH]c(-c3ccc(OC)cc3)cc2n1. The van der Waals surface area contributed by atoms with Crippen molar-refractivity contribution in [3.63, 3.8) is 0 Å². The first-order valence-electron chi connectivity index (χ1n) is 11.3. The van der Waals surface area contributed by atoms with Crippen molar-refractivity contribution in [1.29, 1.82) is 0 Å². The number of hydrogen-bond donors (Lipinski definition) is 1. The molecular formula is C26H30N4O3. The van der Waals surface area contributed by atoms with Gasteiger partial charge in [0.1, 0.15) is 11.5 Å². The molecule has 2 aromatic heterocycles. The minimum atomic E-state index is -0.118. The Kier molecular flexibility index (Phi) is 7.10. The Morgan fingerprint density at radius 1 is 0.970 bits per heavy atom. The van der Waals surface area contributed by atoms with E-state index in [0.717, 1.165) is 48.0 Å². The third-order valence-corrected chi connectivity index (χ3v) is 5.47. The van der Waals surface area contributed by atoms with Crippen molar-refractivity contribution in [1.82, 2.24) is 19.5 Å². The van der Waals surface area contributed by atoms with Crippen molar-refractivity contribution >= 4 is 5.65 Å². The van der Waals surface area contributed by atoms with Crippen LogP contribution >= 0.6 is 0 Å². The molecule has 0 aliphatic rings. The van der Waals surface area contributed by atoms with Crippen LogP contribution < -0.4 is 15.0 Å². The lowest BCUT2D eigenvalue weighted by molar-refractivity contribution is 0.254. The fourth-order valence-electron chi connectivity index (χ4n) is 3.92. The van der Waals surface area contributed by atoms with Crippen molar-refractivity contribution in [2.45, 2.75) is 33.4 Å². The van der Waals surface area contributed by atoms with Crippen LogP contribution in [0.3, 0.4) is 0 Å². The molecule has 7 heteroatoms. The van der Waals surface area contributed by atoms with E-state index in [1.807, 2.05) is 49.4 Å². The largest absolute Gasteiger partial charge is 0.497 e. The number of aromatic nitrogens is 3. The molecule has 0 fully saturated rings. The van der Waals surface area contributed by atoms with Crippen molar-refractivity contribution < 1.29 is 9.47 Å². The lowest BCUT2D eigenvalue weighted by atomic mass is 10.1. The van der Waals surface area contributed by atoms with Gasteiger partial charge in [0.05, 0.1) is 25.1 Å². The van der Waals surface area contributed by atoms with E-state index in [9.17, 15) is 4.79 Å². The van der Waals surface area contributed by atoms with Gasteiger partial charge < -0.3 is 9.47 Å². The van der Waals surface area contributed by atoms with Crippen LogP contribution in [0.2, 0.25) is 0 Å². The Hall–Kier alpha value is -3.58. The average molecular weight is 447 g/mol. The predicted octanol–water partition coefficient (Wildman–Crippen LogP) is 4.51. The summed E-state index contributed by atoms with van der Waals surface area (Å²) >= 11 is 0. The van der Waals surface area contributed by atoms with Gasteiger partial charge in [-0.2, -0.15) is 0 Å². The molecule has 2 heterocycles. The molecule has 0 amide bonds. The maximum atomic E-state index is 12.8. The summed E-state index contributed by atoms with van der Waals surface area (Å²) in [5.41, 5.74) is 4.26. The van der Waals surface area contributed by atoms with Gasteiger partial charge in [-0.15, -0.1) is 0 Å². The van der Waals surface area contributed by atoms with E-state index >= 15 is 0 Å². The number of benzene rings is 2. The summed E-state index contributed by atoms with van der Waals surface area (Å²) < 4.78 is 12.3. The smallest absolute Gasteiger partial charge is 0.272 e. The molecule has 0 radical (unpaired) electrons. The third-order valence-electron chi connectivity index (χ3n) is 5.47. The molecule has 2 aromatic carbocycles. The van der Waals surface area contributed by atoms with Crippen LogP contribution in [0.15, 0.2) is 65.5 Å². The quantitative estimate of drug-likeness (QED) is 0.388. The number of nitrogens with zero attached hydrogens (tertiary/aromatic N) is 3. The summed E-state index contributed by atoms with van der Waals surface area (Å²) in [5, 5.41) is 3.15. The molecule has 0 atom stereocenters. The Bertz CT molecular complexity index is 1240. The molecule has 4 aromatic rings. The highest BCUT2D eigenvalue weighted by molar-refractivity contribution is 5.64. The first-order chi connectivity index (χ1) is 16.1. The molecule has 0 unspecified atom stereocenters. The Balaban J connectivity index is 1.55. The summed E-state index contributed by atoms with van der Waals surface area (Å²) in [6.07, 6.45) is 1.02. The summed E-state index contributed by atoms with van der Waals surface area (Å²) in [6, 6.07) is 19.4. The molecule has 172 valence electrons. The lowest BCUT2D eigenvalue weighted by Crippen LogP contribution is -2.26. The van der Waals surface area contributed by atoms with Crippen molar-refractivity contribution in [2.24, 2.45) is 0 Å². The summed E-state index contributed by atoms with van der Waals surface area (Å²) in [5.74, 6) is 1.67. The van der Waals surface area contributed by atoms with Crippen LogP contribution in [-0.4, -0.2) is 39.8 Å². The standard InChI is InChI=1S/C26H30N4O3/c1-4-14-29(17-19-6-10-23(11-7-19)33-5-2)18-21-15-26(31)30-25(27-21)16-24(28-30)20-8-12-22(32-3)13-9-20/h6-13,15-16,28H,4-5,14,17-18H2,1-3H3. The van der Waals surface area contributed by atoms with E-state index in [1.54, 1.807) is 13.2 Å². The van der Waals surface area contributed by atoms with Gasteiger partial charge in [0.2, 0.25) is 0 Å². The normalized spacial score (nSPS) is 11.3. The van der Waals surface area contributed by atoms with Crippen LogP contribution in [0, 0.1) is 0 Å². The van der Waals surface area contributed by atoms with E-state index in [2.05, 4.69) is 29.1 Å². The molecule has 0 aliphatic carbocycles. The molecule has 0 spiro atoms. The van der Waals surface area contributed by atoms with Gasteiger partial charge in [-0.25, -0.2) is 9.50 Å². The van der Waals surface area contributed by atoms with Gasteiger partial charge in [-0.3, -0.25) is 14.8 Å². The topological polar surface area (TPSA) is 71.9 Å². The molecule has 7 nitrogen and oxygen atoms in total. The molecule has 0 saturated carbocycles. The van der Waals surface area contributed by atoms with Gasteiger partial charge >= 0.3 is 0 Å². The molecule has 0 bridgehead atoms. The number of fused-ring (bicyclic) bond motifs is 1. The van der Waals surface area contributed by atoms with Crippen molar-refractivity contribution in [2.75, 3.05) is 20.3 Å². The fraction of sp³-hybridized carbons (Fsp3) is 0.308. The maximum Gasteiger partial charge on any atom is 0.272 e. The zero-order valence-corrected chi connectivity index (χ0v) is 19.4. The van der Waals surface area contributed by atoms with Gasteiger partial charge in [0.25, 0.3) is 5.56 Å². The Morgan fingerprint density at radius 2 is 1.70 bits per heavy atom. The van der Waals surface area contributed by atoms with E-state index in [0.29, 0.717) is 18.8 Å². The second kappa shape index (κ2) is 10.4. The number of rotatable bonds is 10. The van der Waals surface area contributed by atoms with Gasteiger partial charge in [-0.05, 0) is 67.4 Å². The summed E-state index contributed by atoms with van der Waals surface area (Å²) in [4.78, 5) is 19.9. The minimum Gasteiger partial charge on any atom is -0.497 e. The monoisotopic (exact) mass is 446 g/mol. The number of ether oxygens (including phenoxy) is 2. The van der Waals surface area contributed by atoms with E-state index in [4.69, 9.17) is 14.5 Å². The van der Waals surface area contributed by atoms with Gasteiger partial charge in [-0.1, -0.05) is 19.1 Å². The van der Waals surface area contributed by atoms with Crippen LogP contribution in [-0.2, 0) is 13.1 Å². The number of hydrogen-bond acceptors (Lipinski definition) is 5. The Morgan fingerprint density at radius 3 is 2.36 bits per heavy atom. The van der Waals surface area contributed by atoms with Crippen molar-refractivity contribution in [3.8, 4) is 22.8 Å². The highest BCUT2D eigenvalue weighted by Gasteiger charge is 2.12. The lowest BCUT2D eigenvalue weighted by Gasteiger charge is -2.21. The molecular weight excluding hydrogens is 416 g/mol. The number of aromatic amines is 1.